The summed E-state index contributed by atoms with van der Waals surface area (Å²) in [4.78, 5) is 2.10. The number of benzene rings is 2. The van der Waals surface area contributed by atoms with Gasteiger partial charge in [-0.2, -0.15) is 4.90 Å². The van der Waals surface area contributed by atoms with Gasteiger partial charge in [0, 0.05) is 17.0 Å². The molecule has 0 amide bonds. The van der Waals surface area contributed by atoms with Crippen LogP contribution in [0.25, 0.3) is 0 Å². The lowest BCUT2D eigenvalue weighted by molar-refractivity contribution is -0.534. The Morgan fingerprint density at radius 2 is 1.81 bits per heavy atom. The molecule has 2 heterocycles. The van der Waals surface area contributed by atoms with E-state index >= 15 is 0 Å². The molecule has 1 atom stereocenters. The fourth-order valence-electron chi connectivity index (χ4n) is 4.18. The quantitative estimate of drug-likeness (QED) is 0.793. The van der Waals surface area contributed by atoms with Crippen LogP contribution in [-0.2, 0) is 5.72 Å². The van der Waals surface area contributed by atoms with Crippen molar-refractivity contribution in [2.75, 3.05) is 24.6 Å². The van der Waals surface area contributed by atoms with Crippen molar-refractivity contribution in [1.82, 2.24) is 0 Å². The lowest BCUT2D eigenvalue weighted by Gasteiger charge is -2.29. The lowest BCUT2D eigenvalue weighted by Crippen LogP contribution is -2.47. The number of hydrogen-bond donors (Lipinski definition) is 1. The Bertz CT molecular complexity index is 832. The maximum Gasteiger partial charge on any atom is 0.275 e. The molecule has 2 aliphatic rings. The number of hydrogen-bond acceptors (Lipinski definition) is 3. The Kier molecular flexibility index (Phi) is 5.11. The maximum absolute atomic E-state index is 11.9. The van der Waals surface area contributed by atoms with Crippen molar-refractivity contribution in [3.8, 4) is 5.75 Å². The topological polar surface area (TPSA) is 35.7 Å². The summed E-state index contributed by atoms with van der Waals surface area (Å²) >= 11 is 6.10. The van der Waals surface area contributed by atoms with Crippen LogP contribution in [0.1, 0.15) is 38.2 Å². The van der Waals surface area contributed by atoms with Crippen molar-refractivity contribution in [3.05, 3.63) is 59.1 Å². The Morgan fingerprint density at radius 3 is 2.52 bits per heavy atom. The third kappa shape index (κ3) is 3.44. The van der Waals surface area contributed by atoms with E-state index in [0.29, 0.717) is 18.2 Å². The molecule has 0 radical (unpaired) electrons. The number of nitrogens with zero attached hydrogens (tertiary/aromatic N) is 2. The van der Waals surface area contributed by atoms with E-state index in [9.17, 15) is 5.11 Å². The number of aliphatic hydroxyl groups is 1. The highest BCUT2D eigenvalue weighted by Gasteiger charge is 2.54. The van der Waals surface area contributed by atoms with E-state index in [1.807, 2.05) is 55.5 Å². The van der Waals surface area contributed by atoms with Crippen molar-refractivity contribution in [1.29, 1.82) is 0 Å². The largest absolute Gasteiger partial charge is 0.494 e. The monoisotopic (exact) mass is 385 g/mol. The molecule has 1 N–H and O–H groups in total. The van der Waals surface area contributed by atoms with Gasteiger partial charge in [0.2, 0.25) is 0 Å². The summed E-state index contributed by atoms with van der Waals surface area (Å²) in [5.74, 6) is 2.02. The Morgan fingerprint density at radius 1 is 1.07 bits per heavy atom. The fraction of sp³-hybridized carbons (Fsp3) is 0.409. The third-order valence-corrected chi connectivity index (χ3v) is 5.70. The van der Waals surface area contributed by atoms with E-state index in [4.69, 9.17) is 16.3 Å². The standard InChI is InChI=1S/C22H26ClN2O2/c1-2-27-20-13-7-17(8-14-20)22(26)16-24-15-5-3-4-6-21(24)25(22)19-11-9-18(23)10-12-19/h7-14,26H,2-6,15-16H2,1H3/q+1. The van der Waals surface area contributed by atoms with Crippen LogP contribution in [0.2, 0.25) is 5.02 Å². The molecule has 0 bridgehead atoms. The first kappa shape index (κ1) is 18.3. The fourth-order valence-corrected chi connectivity index (χ4v) is 4.31. The molecule has 142 valence electrons. The third-order valence-electron chi connectivity index (χ3n) is 5.45. The van der Waals surface area contributed by atoms with Gasteiger partial charge in [-0.3, -0.25) is 4.58 Å². The molecule has 0 aromatic heterocycles. The molecule has 1 unspecified atom stereocenters. The molecule has 4 nitrogen and oxygen atoms in total. The molecule has 0 fully saturated rings. The van der Waals surface area contributed by atoms with Crippen molar-refractivity contribution in [2.24, 2.45) is 0 Å². The Labute approximate surface area is 165 Å². The summed E-state index contributed by atoms with van der Waals surface area (Å²) in [6, 6.07) is 15.6. The normalized spacial score (nSPS) is 22.6. The number of amidine groups is 1. The maximum atomic E-state index is 11.9. The van der Waals surface area contributed by atoms with E-state index in [1.165, 1.54) is 12.3 Å². The second-order valence-corrected chi connectivity index (χ2v) is 7.67. The summed E-state index contributed by atoms with van der Waals surface area (Å²) < 4.78 is 7.91. The molecule has 5 heteroatoms. The van der Waals surface area contributed by atoms with E-state index < -0.39 is 5.72 Å². The smallest absolute Gasteiger partial charge is 0.275 e. The van der Waals surface area contributed by atoms with Crippen molar-refractivity contribution >= 4 is 23.1 Å². The van der Waals surface area contributed by atoms with Gasteiger partial charge < -0.3 is 9.84 Å². The van der Waals surface area contributed by atoms with Crippen LogP contribution in [0.15, 0.2) is 48.5 Å². The molecule has 2 aromatic rings. The molecule has 0 saturated heterocycles. The van der Waals surface area contributed by atoms with Crippen LogP contribution < -0.4 is 9.64 Å². The highest BCUT2D eigenvalue weighted by atomic mass is 35.5. The molecular weight excluding hydrogens is 360 g/mol. The van der Waals surface area contributed by atoms with E-state index in [1.54, 1.807) is 0 Å². The highest BCUT2D eigenvalue weighted by molar-refractivity contribution is 6.30. The molecule has 4 rings (SSSR count). The summed E-state index contributed by atoms with van der Waals surface area (Å²) in [7, 11) is 0. The van der Waals surface area contributed by atoms with Crippen LogP contribution in [-0.4, -0.2) is 35.2 Å². The van der Waals surface area contributed by atoms with Gasteiger partial charge in [0.15, 0.2) is 6.54 Å². The number of anilines is 1. The first-order chi connectivity index (χ1) is 13.1. The summed E-state index contributed by atoms with van der Waals surface area (Å²) in [5, 5.41) is 12.6. The summed E-state index contributed by atoms with van der Waals surface area (Å²) in [5.41, 5.74) is 0.738. The van der Waals surface area contributed by atoms with Gasteiger partial charge in [-0.15, -0.1) is 0 Å². The molecule has 2 aromatic carbocycles. The van der Waals surface area contributed by atoms with E-state index in [0.717, 1.165) is 42.8 Å². The minimum Gasteiger partial charge on any atom is -0.494 e. The lowest BCUT2D eigenvalue weighted by atomic mass is 9.99. The minimum absolute atomic E-state index is 0.568. The van der Waals surface area contributed by atoms with Crippen LogP contribution in [0, 0.1) is 0 Å². The van der Waals surface area contributed by atoms with Crippen LogP contribution in [0.5, 0.6) is 5.75 Å². The molecule has 0 spiro atoms. The zero-order valence-corrected chi connectivity index (χ0v) is 16.5. The predicted molar refractivity (Wildman–Crippen MR) is 109 cm³/mol. The zero-order valence-electron chi connectivity index (χ0n) is 15.7. The molecule has 0 saturated carbocycles. The van der Waals surface area contributed by atoms with Gasteiger partial charge in [-0.1, -0.05) is 11.6 Å². The van der Waals surface area contributed by atoms with Gasteiger partial charge in [0.1, 0.15) is 11.4 Å². The Balaban J connectivity index is 1.77. The van der Waals surface area contributed by atoms with Crippen molar-refractivity contribution in [2.45, 2.75) is 38.3 Å². The van der Waals surface area contributed by atoms with Gasteiger partial charge in [-0.25, -0.2) is 0 Å². The van der Waals surface area contributed by atoms with Gasteiger partial charge in [0.25, 0.3) is 11.6 Å². The molecular formula is C22H26ClN2O2+. The van der Waals surface area contributed by atoms with Crippen molar-refractivity contribution in [3.63, 3.8) is 0 Å². The minimum atomic E-state index is -1.11. The summed E-state index contributed by atoms with van der Waals surface area (Å²) in [6.45, 7) is 4.15. The number of rotatable bonds is 4. The first-order valence-electron chi connectivity index (χ1n) is 9.74. The number of halogens is 1. The summed E-state index contributed by atoms with van der Waals surface area (Å²) in [6.07, 6.45) is 4.52. The molecule has 0 aliphatic carbocycles. The molecule has 27 heavy (non-hydrogen) atoms. The van der Waals surface area contributed by atoms with Crippen LogP contribution >= 0.6 is 11.6 Å². The second kappa shape index (κ2) is 7.53. The second-order valence-electron chi connectivity index (χ2n) is 7.23. The van der Waals surface area contributed by atoms with Gasteiger partial charge >= 0.3 is 0 Å². The number of ether oxygens (including phenoxy) is 1. The van der Waals surface area contributed by atoms with E-state index in [2.05, 4.69) is 9.48 Å². The van der Waals surface area contributed by atoms with Gasteiger partial charge in [0.05, 0.1) is 13.2 Å². The van der Waals surface area contributed by atoms with E-state index in [-0.39, 0.29) is 0 Å². The molecule has 2 aliphatic heterocycles. The average Bonchev–Trinajstić information content (AvgIpc) is 2.80. The highest BCUT2D eigenvalue weighted by Crippen LogP contribution is 2.38. The van der Waals surface area contributed by atoms with Crippen LogP contribution in [0.4, 0.5) is 5.69 Å². The zero-order chi connectivity index (χ0) is 18.9. The van der Waals surface area contributed by atoms with Crippen LogP contribution in [0.3, 0.4) is 0 Å². The van der Waals surface area contributed by atoms with Gasteiger partial charge in [-0.05, 0) is 74.7 Å². The van der Waals surface area contributed by atoms with Crippen molar-refractivity contribution < 1.29 is 14.4 Å². The SMILES string of the molecule is CCOc1ccc(C2(O)C[N+]3=C(CCCCC3)N2c2ccc(Cl)cc2)cc1. The predicted octanol–water partition coefficient (Wildman–Crippen LogP) is 4.39. The average molecular weight is 386 g/mol. The first-order valence-corrected chi connectivity index (χ1v) is 10.1. The Hall–Kier alpha value is -2.04.